The van der Waals surface area contributed by atoms with Crippen LogP contribution in [0.5, 0.6) is 0 Å². The number of primary amides is 1. The van der Waals surface area contributed by atoms with E-state index in [0.717, 1.165) is 6.07 Å². The number of nitrogen functional groups attached to an aromatic ring is 1. The van der Waals surface area contributed by atoms with Gasteiger partial charge in [0, 0.05) is 17.4 Å². The van der Waals surface area contributed by atoms with Crippen LogP contribution < -0.4 is 16.8 Å². The van der Waals surface area contributed by atoms with Gasteiger partial charge in [-0.2, -0.15) is 0 Å². The molecule has 17 heavy (non-hydrogen) atoms. The zero-order valence-electron chi connectivity index (χ0n) is 8.80. The summed E-state index contributed by atoms with van der Waals surface area (Å²) in [4.78, 5) is 22.1. The third-order valence-electron chi connectivity index (χ3n) is 1.99. The van der Waals surface area contributed by atoms with E-state index in [1.54, 1.807) is 0 Å². The van der Waals surface area contributed by atoms with Crippen LogP contribution in [0.2, 0.25) is 0 Å². The second-order valence-electron chi connectivity index (χ2n) is 3.33. The molecule has 1 rings (SSSR count). The first-order valence-corrected chi connectivity index (χ1v) is 5.52. The molecule has 0 atom stereocenters. The summed E-state index contributed by atoms with van der Waals surface area (Å²) in [6.07, 6.45) is 0.0417. The highest BCUT2D eigenvalue weighted by atomic mass is 79.9. The molecule has 1 aromatic rings. The van der Waals surface area contributed by atoms with Crippen molar-refractivity contribution in [1.82, 2.24) is 5.32 Å². The van der Waals surface area contributed by atoms with E-state index in [-0.39, 0.29) is 24.2 Å². The quantitative estimate of drug-likeness (QED) is 0.717. The zero-order valence-corrected chi connectivity index (χ0v) is 10.4. The van der Waals surface area contributed by atoms with E-state index in [0.29, 0.717) is 4.47 Å². The molecule has 0 saturated carbocycles. The number of anilines is 1. The molecule has 0 fully saturated rings. The van der Waals surface area contributed by atoms with E-state index in [9.17, 15) is 14.0 Å². The number of hydrogen-bond donors (Lipinski definition) is 3. The Balaban J connectivity index is 2.75. The van der Waals surface area contributed by atoms with E-state index >= 15 is 0 Å². The smallest absolute Gasteiger partial charge is 0.252 e. The van der Waals surface area contributed by atoms with Crippen molar-refractivity contribution >= 4 is 33.4 Å². The Labute approximate surface area is 105 Å². The second-order valence-corrected chi connectivity index (χ2v) is 4.18. The Kier molecular flexibility index (Phi) is 4.45. The second kappa shape index (κ2) is 5.62. The lowest BCUT2D eigenvalue weighted by atomic mass is 10.2. The molecule has 0 aliphatic heterocycles. The highest BCUT2D eigenvalue weighted by molar-refractivity contribution is 9.10. The summed E-state index contributed by atoms with van der Waals surface area (Å²) in [6.45, 7) is 0.123. The number of halogens is 2. The van der Waals surface area contributed by atoms with Crippen molar-refractivity contribution in [2.24, 2.45) is 5.73 Å². The molecule has 5 nitrogen and oxygen atoms in total. The van der Waals surface area contributed by atoms with Crippen molar-refractivity contribution in [2.75, 3.05) is 12.3 Å². The van der Waals surface area contributed by atoms with Gasteiger partial charge in [-0.05, 0) is 28.1 Å². The van der Waals surface area contributed by atoms with Crippen LogP contribution in [0.1, 0.15) is 16.8 Å². The molecule has 1 aromatic carbocycles. The molecular formula is C10H11BrFN3O2. The molecule has 5 N–H and O–H groups in total. The minimum absolute atomic E-state index is 0.0417. The van der Waals surface area contributed by atoms with Crippen LogP contribution in [0.25, 0.3) is 0 Å². The summed E-state index contributed by atoms with van der Waals surface area (Å²) in [6, 6.07) is 2.33. The predicted octanol–water partition coefficient (Wildman–Crippen LogP) is 0.776. The van der Waals surface area contributed by atoms with Crippen LogP contribution in [-0.2, 0) is 4.79 Å². The van der Waals surface area contributed by atoms with Gasteiger partial charge < -0.3 is 16.8 Å². The van der Waals surface area contributed by atoms with Crippen LogP contribution >= 0.6 is 15.9 Å². The summed E-state index contributed by atoms with van der Waals surface area (Å²) in [5.74, 6) is -1.57. The molecule has 2 amide bonds. The van der Waals surface area contributed by atoms with Gasteiger partial charge in [-0.3, -0.25) is 9.59 Å². The molecule has 92 valence electrons. The van der Waals surface area contributed by atoms with Gasteiger partial charge >= 0.3 is 0 Å². The summed E-state index contributed by atoms with van der Waals surface area (Å²) in [5, 5.41) is 2.47. The zero-order chi connectivity index (χ0) is 13.0. The van der Waals surface area contributed by atoms with Crippen molar-refractivity contribution < 1.29 is 14.0 Å². The summed E-state index contributed by atoms with van der Waals surface area (Å²) in [7, 11) is 0. The van der Waals surface area contributed by atoms with Gasteiger partial charge in [0.25, 0.3) is 5.91 Å². The fourth-order valence-corrected chi connectivity index (χ4v) is 1.63. The molecule has 0 aromatic heterocycles. The van der Waals surface area contributed by atoms with E-state index in [2.05, 4.69) is 21.2 Å². The van der Waals surface area contributed by atoms with Gasteiger partial charge in [0.2, 0.25) is 5.91 Å². The molecule has 0 unspecified atom stereocenters. The molecule has 0 aliphatic carbocycles. The summed E-state index contributed by atoms with van der Waals surface area (Å²) < 4.78 is 13.3. The van der Waals surface area contributed by atoms with Gasteiger partial charge in [0.05, 0.1) is 11.3 Å². The van der Waals surface area contributed by atoms with Gasteiger partial charge in [-0.25, -0.2) is 4.39 Å². The first-order valence-electron chi connectivity index (χ1n) is 4.73. The minimum atomic E-state index is -0.606. The van der Waals surface area contributed by atoms with E-state index in [4.69, 9.17) is 11.5 Å². The van der Waals surface area contributed by atoms with E-state index in [1.165, 1.54) is 6.07 Å². The number of rotatable bonds is 4. The number of carbonyl (C=O) groups excluding carboxylic acids is 2. The molecular weight excluding hydrogens is 293 g/mol. The summed E-state index contributed by atoms with van der Waals surface area (Å²) in [5.41, 5.74) is 10.4. The van der Waals surface area contributed by atoms with Gasteiger partial charge in [-0.15, -0.1) is 0 Å². The highest BCUT2D eigenvalue weighted by Crippen LogP contribution is 2.22. The Morgan fingerprint density at radius 2 is 2.06 bits per heavy atom. The van der Waals surface area contributed by atoms with Gasteiger partial charge in [0.15, 0.2) is 0 Å². The lowest BCUT2D eigenvalue weighted by molar-refractivity contribution is -0.117. The van der Waals surface area contributed by atoms with Crippen molar-refractivity contribution in [2.45, 2.75) is 6.42 Å². The Bertz CT molecular complexity index is 465. The number of nitrogens with two attached hydrogens (primary N) is 2. The summed E-state index contributed by atoms with van der Waals surface area (Å²) >= 11 is 3.05. The third kappa shape index (κ3) is 3.70. The lowest BCUT2D eigenvalue weighted by Gasteiger charge is -2.07. The Morgan fingerprint density at radius 1 is 1.41 bits per heavy atom. The van der Waals surface area contributed by atoms with Crippen LogP contribution in [0, 0.1) is 5.82 Å². The molecule has 7 heteroatoms. The topological polar surface area (TPSA) is 98.2 Å². The number of amides is 2. The van der Waals surface area contributed by atoms with Crippen molar-refractivity contribution in [3.05, 3.63) is 28.0 Å². The minimum Gasteiger partial charge on any atom is -0.396 e. The van der Waals surface area contributed by atoms with Crippen molar-refractivity contribution in [1.29, 1.82) is 0 Å². The molecule has 0 aliphatic rings. The fourth-order valence-electron chi connectivity index (χ4n) is 1.13. The molecule has 0 radical (unpaired) electrons. The number of nitrogens with one attached hydrogen (secondary N) is 1. The largest absolute Gasteiger partial charge is 0.396 e. The maximum Gasteiger partial charge on any atom is 0.252 e. The normalized spacial score (nSPS) is 10.0. The SMILES string of the molecule is NC(=O)CCNC(=O)c1cc(N)c(F)cc1Br. The third-order valence-corrected chi connectivity index (χ3v) is 2.64. The first-order chi connectivity index (χ1) is 7.91. The molecule has 0 heterocycles. The lowest BCUT2D eigenvalue weighted by Crippen LogP contribution is -2.28. The maximum absolute atomic E-state index is 13.0. The van der Waals surface area contributed by atoms with E-state index < -0.39 is 17.6 Å². The van der Waals surface area contributed by atoms with Crippen LogP contribution in [0.15, 0.2) is 16.6 Å². The monoisotopic (exact) mass is 303 g/mol. The fraction of sp³-hybridized carbons (Fsp3) is 0.200. The molecule has 0 spiro atoms. The van der Waals surface area contributed by atoms with Crippen molar-refractivity contribution in [3.8, 4) is 0 Å². The Hall–Kier alpha value is -1.63. The maximum atomic E-state index is 13.0. The Morgan fingerprint density at radius 3 is 2.65 bits per heavy atom. The van der Waals surface area contributed by atoms with Crippen molar-refractivity contribution in [3.63, 3.8) is 0 Å². The van der Waals surface area contributed by atoms with Crippen LogP contribution in [0.4, 0.5) is 10.1 Å². The first kappa shape index (κ1) is 13.4. The number of hydrogen-bond acceptors (Lipinski definition) is 3. The number of benzene rings is 1. The van der Waals surface area contributed by atoms with Gasteiger partial charge in [-0.1, -0.05) is 0 Å². The van der Waals surface area contributed by atoms with Crippen LogP contribution in [0.3, 0.4) is 0 Å². The standard InChI is InChI=1S/C10H11BrFN3O2/c11-6-4-7(12)8(13)3-5(6)10(17)15-2-1-9(14)16/h3-4H,1-2,13H2,(H2,14,16)(H,15,17). The highest BCUT2D eigenvalue weighted by Gasteiger charge is 2.13. The predicted molar refractivity (Wildman–Crippen MR) is 64.7 cm³/mol. The van der Waals surface area contributed by atoms with Crippen LogP contribution in [-0.4, -0.2) is 18.4 Å². The van der Waals surface area contributed by atoms with Gasteiger partial charge in [0.1, 0.15) is 5.82 Å². The number of carbonyl (C=O) groups is 2. The molecule has 0 bridgehead atoms. The average Bonchev–Trinajstić information content (AvgIpc) is 2.22. The van der Waals surface area contributed by atoms with E-state index in [1.807, 2.05) is 0 Å². The average molecular weight is 304 g/mol. The molecule has 0 saturated heterocycles.